The lowest BCUT2D eigenvalue weighted by Crippen LogP contribution is -2.49. The first kappa shape index (κ1) is 10.9. The average Bonchev–Trinajstić information content (AvgIpc) is 2.81. The maximum absolute atomic E-state index is 11.7. The van der Waals surface area contributed by atoms with Crippen LogP contribution in [-0.2, 0) is 9.53 Å². The van der Waals surface area contributed by atoms with Crippen LogP contribution in [0.1, 0.15) is 44.9 Å². The van der Waals surface area contributed by atoms with Crippen molar-refractivity contribution in [2.45, 2.75) is 57.0 Å². The van der Waals surface area contributed by atoms with Gasteiger partial charge in [-0.2, -0.15) is 0 Å². The molecule has 86 valence electrons. The van der Waals surface area contributed by atoms with E-state index in [-0.39, 0.29) is 12.0 Å². The predicted molar refractivity (Wildman–Crippen MR) is 58.6 cm³/mol. The van der Waals surface area contributed by atoms with Crippen LogP contribution in [0.3, 0.4) is 0 Å². The molecule has 1 aliphatic heterocycles. The Bertz CT molecular complexity index is 224. The average molecular weight is 211 g/mol. The van der Waals surface area contributed by atoms with Gasteiger partial charge < -0.3 is 4.74 Å². The molecule has 1 heterocycles. The van der Waals surface area contributed by atoms with E-state index in [1.165, 1.54) is 45.6 Å². The van der Waals surface area contributed by atoms with Crippen LogP contribution in [0.25, 0.3) is 0 Å². The highest BCUT2D eigenvalue weighted by Crippen LogP contribution is 2.29. The van der Waals surface area contributed by atoms with Gasteiger partial charge >= 0.3 is 5.97 Å². The Hall–Kier alpha value is -0.570. The second-order valence-electron chi connectivity index (χ2n) is 4.71. The Balaban J connectivity index is 2.01. The molecule has 0 amide bonds. The van der Waals surface area contributed by atoms with E-state index in [0.717, 1.165) is 13.0 Å². The summed E-state index contributed by atoms with van der Waals surface area (Å²) in [6.07, 6.45) is 8.60. The summed E-state index contributed by atoms with van der Waals surface area (Å²) in [4.78, 5) is 14.1. The van der Waals surface area contributed by atoms with Crippen molar-refractivity contribution in [3.05, 3.63) is 0 Å². The van der Waals surface area contributed by atoms with Gasteiger partial charge in [0, 0.05) is 6.04 Å². The monoisotopic (exact) mass is 211 g/mol. The highest BCUT2D eigenvalue weighted by atomic mass is 16.5. The van der Waals surface area contributed by atoms with Gasteiger partial charge in [-0.1, -0.05) is 19.3 Å². The number of rotatable bonds is 2. The zero-order valence-electron chi connectivity index (χ0n) is 9.58. The van der Waals surface area contributed by atoms with Gasteiger partial charge in [0.1, 0.15) is 6.04 Å². The van der Waals surface area contributed by atoms with Crippen LogP contribution in [0.5, 0.6) is 0 Å². The summed E-state index contributed by atoms with van der Waals surface area (Å²) in [6.45, 7) is 1.09. The molecule has 3 nitrogen and oxygen atoms in total. The number of nitrogens with zero attached hydrogens (tertiary/aromatic N) is 1. The van der Waals surface area contributed by atoms with Gasteiger partial charge in [0.05, 0.1) is 7.11 Å². The van der Waals surface area contributed by atoms with Crippen molar-refractivity contribution in [2.24, 2.45) is 0 Å². The number of hydrogen-bond acceptors (Lipinski definition) is 3. The first-order chi connectivity index (χ1) is 7.33. The Labute approximate surface area is 91.8 Å². The summed E-state index contributed by atoms with van der Waals surface area (Å²) in [5, 5.41) is 0. The van der Waals surface area contributed by atoms with E-state index in [2.05, 4.69) is 4.90 Å². The molecule has 1 aliphatic carbocycles. The third-order valence-corrected chi connectivity index (χ3v) is 3.81. The van der Waals surface area contributed by atoms with Crippen molar-refractivity contribution in [1.82, 2.24) is 4.90 Å². The number of piperidine rings is 1. The molecular formula is C12H21NO2. The minimum Gasteiger partial charge on any atom is -0.468 e. The standard InChI is InChI=1S/C12H21NO2/c1-15-12(14)11-8-4-5-9-13(11)10-6-2-3-7-10/h10-11H,2-9H2,1H3. The molecule has 1 saturated heterocycles. The molecule has 2 rings (SSSR count). The van der Waals surface area contributed by atoms with E-state index < -0.39 is 0 Å². The third-order valence-electron chi connectivity index (χ3n) is 3.81. The largest absolute Gasteiger partial charge is 0.468 e. The fraction of sp³-hybridized carbons (Fsp3) is 0.917. The van der Waals surface area contributed by atoms with Crippen LogP contribution in [0.4, 0.5) is 0 Å². The van der Waals surface area contributed by atoms with E-state index in [1.54, 1.807) is 0 Å². The predicted octanol–water partition coefficient (Wildman–Crippen LogP) is 1.96. The van der Waals surface area contributed by atoms with Crippen LogP contribution in [0, 0.1) is 0 Å². The summed E-state index contributed by atoms with van der Waals surface area (Å²) in [7, 11) is 1.50. The number of methoxy groups -OCH3 is 1. The summed E-state index contributed by atoms with van der Waals surface area (Å²) >= 11 is 0. The molecule has 2 aliphatic rings. The molecule has 2 fully saturated rings. The highest BCUT2D eigenvalue weighted by molar-refractivity contribution is 5.75. The SMILES string of the molecule is COC(=O)C1CCCCN1C1CCCC1. The fourth-order valence-electron chi connectivity index (χ4n) is 3.02. The number of ether oxygens (including phenoxy) is 1. The van der Waals surface area contributed by atoms with Gasteiger partial charge in [0.15, 0.2) is 0 Å². The summed E-state index contributed by atoms with van der Waals surface area (Å²) < 4.78 is 4.90. The Morgan fingerprint density at radius 1 is 1.13 bits per heavy atom. The zero-order chi connectivity index (χ0) is 10.7. The Morgan fingerprint density at radius 2 is 1.80 bits per heavy atom. The van der Waals surface area contributed by atoms with Crippen LogP contribution >= 0.6 is 0 Å². The van der Waals surface area contributed by atoms with E-state index >= 15 is 0 Å². The highest BCUT2D eigenvalue weighted by Gasteiger charge is 2.35. The molecule has 0 spiro atoms. The minimum atomic E-state index is -0.0263. The van der Waals surface area contributed by atoms with E-state index in [1.807, 2.05) is 0 Å². The third kappa shape index (κ3) is 2.33. The lowest BCUT2D eigenvalue weighted by atomic mass is 9.99. The number of likely N-dealkylation sites (tertiary alicyclic amines) is 1. The van der Waals surface area contributed by atoms with Gasteiger partial charge in [-0.3, -0.25) is 9.69 Å². The van der Waals surface area contributed by atoms with Crippen molar-refractivity contribution >= 4 is 5.97 Å². The molecule has 0 bridgehead atoms. The molecule has 0 aromatic rings. The first-order valence-corrected chi connectivity index (χ1v) is 6.16. The van der Waals surface area contributed by atoms with Crippen LogP contribution in [0.2, 0.25) is 0 Å². The van der Waals surface area contributed by atoms with E-state index in [9.17, 15) is 4.79 Å². The smallest absolute Gasteiger partial charge is 0.323 e. The van der Waals surface area contributed by atoms with E-state index in [0.29, 0.717) is 6.04 Å². The number of hydrogen-bond donors (Lipinski definition) is 0. The molecule has 1 atom stereocenters. The maximum Gasteiger partial charge on any atom is 0.323 e. The quantitative estimate of drug-likeness (QED) is 0.654. The van der Waals surface area contributed by atoms with Crippen molar-refractivity contribution in [3.8, 4) is 0 Å². The molecular weight excluding hydrogens is 190 g/mol. The molecule has 0 radical (unpaired) electrons. The normalized spacial score (nSPS) is 29.3. The molecule has 0 aromatic carbocycles. The Kier molecular flexibility index (Phi) is 3.62. The van der Waals surface area contributed by atoms with Crippen molar-refractivity contribution < 1.29 is 9.53 Å². The van der Waals surface area contributed by atoms with Gasteiger partial charge in [-0.15, -0.1) is 0 Å². The summed E-state index contributed by atoms with van der Waals surface area (Å²) in [6, 6.07) is 0.696. The summed E-state index contributed by atoms with van der Waals surface area (Å²) in [5.74, 6) is -0.0263. The van der Waals surface area contributed by atoms with Gasteiger partial charge in [0.25, 0.3) is 0 Å². The summed E-state index contributed by atoms with van der Waals surface area (Å²) in [5.41, 5.74) is 0. The zero-order valence-corrected chi connectivity index (χ0v) is 9.58. The van der Waals surface area contributed by atoms with Gasteiger partial charge in [-0.05, 0) is 32.2 Å². The molecule has 3 heteroatoms. The molecule has 1 unspecified atom stereocenters. The fourth-order valence-corrected chi connectivity index (χ4v) is 3.02. The van der Waals surface area contributed by atoms with Crippen molar-refractivity contribution in [1.29, 1.82) is 0 Å². The van der Waals surface area contributed by atoms with Crippen molar-refractivity contribution in [2.75, 3.05) is 13.7 Å². The lowest BCUT2D eigenvalue weighted by molar-refractivity contribution is -0.149. The first-order valence-electron chi connectivity index (χ1n) is 6.16. The van der Waals surface area contributed by atoms with Gasteiger partial charge in [0.2, 0.25) is 0 Å². The van der Waals surface area contributed by atoms with Crippen LogP contribution < -0.4 is 0 Å². The van der Waals surface area contributed by atoms with Gasteiger partial charge in [-0.25, -0.2) is 0 Å². The maximum atomic E-state index is 11.7. The molecule has 15 heavy (non-hydrogen) atoms. The second-order valence-corrected chi connectivity index (χ2v) is 4.71. The lowest BCUT2D eigenvalue weighted by Gasteiger charge is -2.38. The molecule has 1 saturated carbocycles. The van der Waals surface area contributed by atoms with Crippen LogP contribution in [0.15, 0.2) is 0 Å². The Morgan fingerprint density at radius 3 is 2.47 bits per heavy atom. The molecule has 0 N–H and O–H groups in total. The molecule has 0 aromatic heterocycles. The minimum absolute atomic E-state index is 0.0263. The second kappa shape index (κ2) is 4.97. The van der Waals surface area contributed by atoms with Crippen LogP contribution in [-0.4, -0.2) is 36.6 Å². The number of carbonyl (C=O) groups is 1. The topological polar surface area (TPSA) is 29.5 Å². The number of esters is 1. The van der Waals surface area contributed by atoms with E-state index in [4.69, 9.17) is 4.74 Å². The van der Waals surface area contributed by atoms with Crippen molar-refractivity contribution in [3.63, 3.8) is 0 Å². The number of carbonyl (C=O) groups excluding carboxylic acids is 1.